The Morgan fingerprint density at radius 1 is 1.09 bits per heavy atom. The molecule has 0 aliphatic heterocycles. The van der Waals surface area contributed by atoms with Gasteiger partial charge < -0.3 is 19.5 Å². The molecule has 3 aromatic heterocycles. The minimum absolute atomic E-state index is 0.195. The fourth-order valence-electron chi connectivity index (χ4n) is 3.29. The number of fused-ring (bicyclic) bond motifs is 1. The summed E-state index contributed by atoms with van der Waals surface area (Å²) < 4.78 is 17.5. The van der Waals surface area contributed by atoms with Crippen LogP contribution in [0.4, 0.5) is 0 Å². The topological polar surface area (TPSA) is 100 Å². The molecular formula is C22H23N5O4S. The van der Waals surface area contributed by atoms with E-state index in [-0.39, 0.29) is 12.5 Å². The zero-order valence-corrected chi connectivity index (χ0v) is 19.0. The van der Waals surface area contributed by atoms with E-state index >= 15 is 0 Å². The Kier molecular flexibility index (Phi) is 6.33. The molecule has 1 N–H and O–H groups in total. The van der Waals surface area contributed by atoms with Gasteiger partial charge >= 0.3 is 0 Å². The van der Waals surface area contributed by atoms with Gasteiger partial charge in [-0.3, -0.25) is 4.79 Å². The highest BCUT2D eigenvalue weighted by molar-refractivity contribution is 7.20. The Balaban J connectivity index is 1.50. The number of carbonyl (C=O) groups excluding carboxylic acids is 1. The lowest BCUT2D eigenvalue weighted by atomic mass is 10.2. The van der Waals surface area contributed by atoms with E-state index in [9.17, 15) is 4.79 Å². The molecule has 4 rings (SSSR count). The van der Waals surface area contributed by atoms with Crippen LogP contribution in [-0.2, 0) is 17.9 Å². The van der Waals surface area contributed by atoms with Crippen molar-refractivity contribution in [2.75, 3.05) is 21.3 Å². The summed E-state index contributed by atoms with van der Waals surface area (Å²) in [5, 5.41) is 8.22. The number of amides is 1. The van der Waals surface area contributed by atoms with Crippen molar-refractivity contribution in [3.8, 4) is 17.3 Å². The second kappa shape index (κ2) is 9.33. The summed E-state index contributed by atoms with van der Waals surface area (Å²) in [6.07, 6.45) is 1.85. The Morgan fingerprint density at radius 3 is 2.56 bits per heavy atom. The highest BCUT2D eigenvalue weighted by Crippen LogP contribution is 2.35. The Bertz CT molecular complexity index is 1250. The predicted molar refractivity (Wildman–Crippen MR) is 121 cm³/mol. The molecule has 4 aromatic rings. The quantitative estimate of drug-likeness (QED) is 0.437. The average molecular weight is 454 g/mol. The molecule has 9 nitrogen and oxygen atoms in total. The van der Waals surface area contributed by atoms with Crippen LogP contribution in [0.3, 0.4) is 0 Å². The van der Waals surface area contributed by atoms with Gasteiger partial charge in [0.25, 0.3) is 5.91 Å². The zero-order chi connectivity index (χ0) is 22.7. The lowest BCUT2D eigenvalue weighted by molar-refractivity contribution is 0.0954. The van der Waals surface area contributed by atoms with E-state index in [2.05, 4.69) is 20.4 Å². The molecule has 0 aliphatic rings. The molecule has 0 spiro atoms. The molecule has 0 unspecified atom stereocenters. The third-order valence-electron chi connectivity index (χ3n) is 4.89. The maximum atomic E-state index is 12.9. The Hall–Kier alpha value is -3.50. The van der Waals surface area contributed by atoms with Crippen molar-refractivity contribution in [3.63, 3.8) is 0 Å². The van der Waals surface area contributed by atoms with Gasteiger partial charge in [0.2, 0.25) is 5.88 Å². The van der Waals surface area contributed by atoms with E-state index < -0.39 is 0 Å². The predicted octanol–water partition coefficient (Wildman–Crippen LogP) is 3.28. The number of benzene rings is 1. The minimum atomic E-state index is -0.195. The van der Waals surface area contributed by atoms with E-state index in [1.807, 2.05) is 43.5 Å². The summed E-state index contributed by atoms with van der Waals surface area (Å²) in [5.41, 5.74) is 2.43. The number of methoxy groups -OCH3 is 3. The monoisotopic (exact) mass is 453 g/mol. The first-order valence-corrected chi connectivity index (χ1v) is 10.7. The highest BCUT2D eigenvalue weighted by atomic mass is 32.1. The first-order valence-electron chi connectivity index (χ1n) is 9.84. The van der Waals surface area contributed by atoms with Crippen molar-refractivity contribution in [1.82, 2.24) is 25.1 Å². The molecule has 1 aromatic carbocycles. The third kappa shape index (κ3) is 4.27. The fraction of sp³-hybridized carbons (Fsp3) is 0.273. The van der Waals surface area contributed by atoms with Gasteiger partial charge in [-0.2, -0.15) is 10.1 Å². The summed E-state index contributed by atoms with van der Waals surface area (Å²) in [4.78, 5) is 23.0. The van der Waals surface area contributed by atoms with Crippen molar-refractivity contribution < 1.29 is 19.0 Å². The van der Waals surface area contributed by atoms with Crippen LogP contribution >= 0.6 is 11.3 Å². The first kappa shape index (κ1) is 21.7. The number of ether oxygens (including phenoxy) is 3. The molecule has 3 heterocycles. The Morgan fingerprint density at radius 2 is 1.88 bits per heavy atom. The van der Waals surface area contributed by atoms with Gasteiger partial charge in [-0.1, -0.05) is 0 Å². The lowest BCUT2D eigenvalue weighted by Gasteiger charge is -2.05. The van der Waals surface area contributed by atoms with Gasteiger partial charge in [0.05, 0.1) is 42.4 Å². The summed E-state index contributed by atoms with van der Waals surface area (Å²) >= 11 is 1.31. The number of aryl methyl sites for hydroxylation is 1. The molecule has 0 saturated carbocycles. The molecular weight excluding hydrogens is 430 g/mol. The highest BCUT2D eigenvalue weighted by Gasteiger charge is 2.21. The van der Waals surface area contributed by atoms with Gasteiger partial charge in [-0.05, 0) is 42.8 Å². The summed E-state index contributed by atoms with van der Waals surface area (Å²) in [6.45, 7) is 2.43. The van der Waals surface area contributed by atoms with Crippen LogP contribution in [0, 0.1) is 6.92 Å². The zero-order valence-electron chi connectivity index (χ0n) is 18.2. The summed E-state index contributed by atoms with van der Waals surface area (Å²) in [5.74, 6) is 1.53. The number of rotatable bonds is 8. The van der Waals surface area contributed by atoms with Gasteiger partial charge in [-0.15, -0.1) is 11.3 Å². The number of thiophene rings is 1. The van der Waals surface area contributed by atoms with Crippen LogP contribution < -0.4 is 14.8 Å². The molecule has 1 amide bonds. The van der Waals surface area contributed by atoms with E-state index in [0.717, 1.165) is 28.1 Å². The standard InChI is InChI=1S/C22H23N5O4S/c1-13-18-21(31-4)24-17(12-29-2)25-22(18)32-19(13)20(28)23-11-14-9-10-27(26-14)15-5-7-16(30-3)8-6-15/h5-10H,11-12H2,1-4H3,(H,23,28). The van der Waals surface area contributed by atoms with Gasteiger partial charge in [-0.25, -0.2) is 9.67 Å². The lowest BCUT2D eigenvalue weighted by Crippen LogP contribution is -2.22. The van der Waals surface area contributed by atoms with Crippen LogP contribution in [0.1, 0.15) is 26.8 Å². The van der Waals surface area contributed by atoms with Crippen LogP contribution in [0.5, 0.6) is 11.6 Å². The molecule has 10 heteroatoms. The number of hydrogen-bond donors (Lipinski definition) is 1. The normalized spacial score (nSPS) is 11.0. The van der Waals surface area contributed by atoms with Gasteiger partial charge in [0, 0.05) is 13.3 Å². The molecule has 0 fully saturated rings. The summed E-state index contributed by atoms with van der Waals surface area (Å²) in [6, 6.07) is 9.45. The van der Waals surface area contributed by atoms with Crippen molar-refractivity contribution in [2.24, 2.45) is 0 Å². The maximum absolute atomic E-state index is 12.9. The Labute approximate surface area is 189 Å². The van der Waals surface area contributed by atoms with E-state index in [1.54, 1.807) is 26.0 Å². The van der Waals surface area contributed by atoms with Gasteiger partial charge in [0.1, 0.15) is 17.2 Å². The third-order valence-corrected chi connectivity index (χ3v) is 6.07. The smallest absolute Gasteiger partial charge is 0.262 e. The first-order chi connectivity index (χ1) is 15.5. The minimum Gasteiger partial charge on any atom is -0.497 e. The molecule has 0 aliphatic carbocycles. The van der Waals surface area contributed by atoms with E-state index in [4.69, 9.17) is 14.2 Å². The average Bonchev–Trinajstić information content (AvgIpc) is 3.42. The second-order valence-corrected chi connectivity index (χ2v) is 7.95. The fourth-order valence-corrected chi connectivity index (χ4v) is 4.39. The molecule has 32 heavy (non-hydrogen) atoms. The molecule has 0 radical (unpaired) electrons. The van der Waals surface area contributed by atoms with Crippen LogP contribution in [0.25, 0.3) is 15.9 Å². The van der Waals surface area contributed by atoms with Crippen molar-refractivity contribution in [1.29, 1.82) is 0 Å². The maximum Gasteiger partial charge on any atom is 0.262 e. The van der Waals surface area contributed by atoms with Gasteiger partial charge in [0.15, 0.2) is 5.82 Å². The number of carbonyl (C=O) groups is 1. The van der Waals surface area contributed by atoms with Crippen LogP contribution in [-0.4, -0.2) is 47.0 Å². The number of nitrogens with zero attached hydrogens (tertiary/aromatic N) is 4. The molecule has 0 saturated heterocycles. The van der Waals surface area contributed by atoms with E-state index in [1.165, 1.54) is 11.3 Å². The van der Waals surface area contributed by atoms with Crippen molar-refractivity contribution >= 4 is 27.5 Å². The van der Waals surface area contributed by atoms with Crippen molar-refractivity contribution in [2.45, 2.75) is 20.1 Å². The van der Waals surface area contributed by atoms with Crippen molar-refractivity contribution in [3.05, 3.63) is 58.5 Å². The SMILES string of the molecule is COCc1nc(OC)c2c(C)c(C(=O)NCc3ccn(-c4ccc(OC)cc4)n3)sc2n1. The number of aromatic nitrogens is 4. The van der Waals surface area contributed by atoms with Crippen LogP contribution in [0.2, 0.25) is 0 Å². The molecule has 0 atom stereocenters. The molecule has 166 valence electrons. The second-order valence-electron chi connectivity index (χ2n) is 6.95. The number of nitrogens with one attached hydrogen (secondary N) is 1. The number of hydrogen-bond acceptors (Lipinski definition) is 8. The largest absolute Gasteiger partial charge is 0.497 e. The summed E-state index contributed by atoms with van der Waals surface area (Å²) in [7, 11) is 4.76. The molecule has 0 bridgehead atoms. The van der Waals surface area contributed by atoms with Crippen LogP contribution in [0.15, 0.2) is 36.5 Å². The van der Waals surface area contributed by atoms with E-state index in [0.29, 0.717) is 28.0 Å².